The molecule has 0 spiro atoms. The van der Waals surface area contributed by atoms with E-state index < -0.39 is 18.3 Å². The van der Waals surface area contributed by atoms with Crippen molar-refractivity contribution in [3.8, 4) is 11.3 Å². The number of rotatable bonds is 47. The number of hydrogen-bond donors (Lipinski definition) is 6. The summed E-state index contributed by atoms with van der Waals surface area (Å²) in [6, 6.07) is 17.7. The average Bonchev–Trinajstić information content (AvgIpc) is 4.27. The van der Waals surface area contributed by atoms with Crippen LogP contribution in [-0.4, -0.2) is 238 Å². The summed E-state index contributed by atoms with van der Waals surface area (Å²) in [4.78, 5) is 36.1. The summed E-state index contributed by atoms with van der Waals surface area (Å²) in [5.74, 6) is 0.989. The second-order valence-corrected chi connectivity index (χ2v) is 20.3. The molecule has 0 bridgehead atoms. The molecule has 1 aromatic heterocycles. The van der Waals surface area contributed by atoms with Crippen LogP contribution < -0.4 is 26.6 Å². The maximum atomic E-state index is 12.5. The number of ether oxygens (including phenoxy) is 12. The summed E-state index contributed by atoms with van der Waals surface area (Å²) < 4.78 is 68.5. The SMILES string of the molecule is O=C(CCCC[C@@H]1SC[C@@H]2NC(=O)N[C@@H]21)NCCOCCOCCOCCOCCOCCOCCOCCOCCOCCOCCOCCn1cc(-c2ccc(C[C@H]3NC[C@H](O)[C@H]3OC(=O)NCc3ccccc3)cc2)nn1. The van der Waals surface area contributed by atoms with Crippen LogP contribution in [0, 0.1) is 0 Å². The van der Waals surface area contributed by atoms with Crippen LogP contribution in [-0.2, 0) is 81.1 Å². The first-order valence-corrected chi connectivity index (χ1v) is 29.2. The number of aliphatic hydroxyl groups is 1. The first kappa shape index (κ1) is 64.6. The van der Waals surface area contributed by atoms with Crippen molar-refractivity contribution in [2.45, 2.75) is 80.8 Å². The molecule has 2 aromatic carbocycles. The number of nitrogens with one attached hydrogen (secondary N) is 5. The van der Waals surface area contributed by atoms with Gasteiger partial charge in [0.2, 0.25) is 5.91 Å². The monoisotopic (exact) mass is 1150 g/mol. The van der Waals surface area contributed by atoms with Crippen molar-refractivity contribution in [1.29, 1.82) is 0 Å². The number of aromatic nitrogens is 3. The third-order valence-corrected chi connectivity index (χ3v) is 14.5. The fraction of sp³-hybridized carbons (Fsp3) is 0.691. The maximum absolute atomic E-state index is 12.5. The van der Waals surface area contributed by atoms with Gasteiger partial charge in [-0.05, 0) is 30.4 Å². The van der Waals surface area contributed by atoms with E-state index in [4.69, 9.17) is 56.8 Å². The van der Waals surface area contributed by atoms with Crippen LogP contribution in [0.2, 0.25) is 0 Å². The van der Waals surface area contributed by atoms with Crippen LogP contribution >= 0.6 is 11.8 Å². The molecule has 3 aromatic rings. The predicted molar refractivity (Wildman–Crippen MR) is 296 cm³/mol. The summed E-state index contributed by atoms with van der Waals surface area (Å²) in [6.07, 6.45) is 3.75. The molecule has 3 aliphatic heterocycles. The number of fused-ring (bicyclic) bond motifs is 1. The lowest BCUT2D eigenvalue weighted by atomic mass is 10.00. The molecule has 0 saturated carbocycles. The number of thioether (sulfide) groups is 1. The van der Waals surface area contributed by atoms with Gasteiger partial charge in [0.1, 0.15) is 17.9 Å². The summed E-state index contributed by atoms with van der Waals surface area (Å²) >= 11 is 1.90. The lowest BCUT2D eigenvalue weighted by molar-refractivity contribution is -0.121. The minimum absolute atomic E-state index is 0.0366. The zero-order valence-electron chi connectivity index (χ0n) is 46.2. The Hall–Kier alpha value is -4.58. The Morgan fingerprint density at radius 1 is 0.637 bits per heavy atom. The zero-order chi connectivity index (χ0) is 55.9. The Labute approximate surface area is 474 Å². The van der Waals surface area contributed by atoms with E-state index in [1.54, 1.807) is 4.68 Å². The van der Waals surface area contributed by atoms with Gasteiger partial charge in [0.15, 0.2) is 0 Å². The number of carbonyl (C=O) groups excluding carboxylic acids is 3. The van der Waals surface area contributed by atoms with E-state index in [-0.39, 0.29) is 30.1 Å². The molecule has 24 nitrogen and oxygen atoms in total. The summed E-state index contributed by atoms with van der Waals surface area (Å²) in [5, 5.41) is 34.4. The number of nitrogens with zero attached hydrogens (tertiary/aromatic N) is 3. The number of amides is 4. The van der Waals surface area contributed by atoms with E-state index in [0.29, 0.717) is 190 Å². The lowest BCUT2D eigenvalue weighted by Crippen LogP contribution is -2.41. The third-order valence-electron chi connectivity index (χ3n) is 13.0. The number of carbonyl (C=O) groups is 3. The molecular formula is C55H86N8O16S. The Balaban J connectivity index is 0.600. The van der Waals surface area contributed by atoms with E-state index in [0.717, 1.165) is 47.4 Å². The zero-order valence-corrected chi connectivity index (χ0v) is 47.0. The van der Waals surface area contributed by atoms with Crippen molar-refractivity contribution in [3.63, 3.8) is 0 Å². The molecule has 3 fully saturated rings. The average molecular weight is 1150 g/mol. The fourth-order valence-corrected chi connectivity index (χ4v) is 10.3. The molecule has 6 N–H and O–H groups in total. The van der Waals surface area contributed by atoms with Crippen LogP contribution in [0.3, 0.4) is 0 Å². The molecule has 4 heterocycles. The van der Waals surface area contributed by atoms with Gasteiger partial charge in [0.25, 0.3) is 0 Å². The van der Waals surface area contributed by atoms with Gasteiger partial charge in [-0.15, -0.1) is 5.10 Å². The molecule has 0 unspecified atom stereocenters. The van der Waals surface area contributed by atoms with Gasteiger partial charge >= 0.3 is 12.1 Å². The molecule has 80 heavy (non-hydrogen) atoms. The smallest absolute Gasteiger partial charge is 0.407 e. The van der Waals surface area contributed by atoms with Crippen LogP contribution in [0.25, 0.3) is 11.3 Å². The molecule has 6 rings (SSSR count). The highest BCUT2D eigenvalue weighted by Crippen LogP contribution is 2.33. The molecule has 3 saturated heterocycles. The van der Waals surface area contributed by atoms with Crippen LogP contribution in [0.4, 0.5) is 9.59 Å². The topological polar surface area (TPSA) is 273 Å². The molecule has 3 aliphatic rings. The Morgan fingerprint density at radius 3 is 1.74 bits per heavy atom. The number of urea groups is 1. The van der Waals surface area contributed by atoms with E-state index in [1.165, 1.54) is 0 Å². The van der Waals surface area contributed by atoms with Gasteiger partial charge in [-0.25, -0.2) is 14.3 Å². The highest BCUT2D eigenvalue weighted by molar-refractivity contribution is 8.00. The number of unbranched alkanes of at least 4 members (excludes halogenated alkanes) is 1. The lowest BCUT2D eigenvalue weighted by Gasteiger charge is -2.22. The van der Waals surface area contributed by atoms with Crippen molar-refractivity contribution < 1.29 is 76.3 Å². The minimum Gasteiger partial charge on any atom is -0.442 e. The van der Waals surface area contributed by atoms with Crippen LogP contribution in [0.1, 0.15) is 36.8 Å². The second kappa shape index (κ2) is 40.6. The van der Waals surface area contributed by atoms with Gasteiger partial charge in [-0.3, -0.25) is 4.79 Å². The number of benzene rings is 2. The number of aliphatic hydroxyl groups excluding tert-OH is 1. The maximum Gasteiger partial charge on any atom is 0.407 e. The quantitative estimate of drug-likeness (QED) is 0.0349. The molecule has 25 heteroatoms. The van der Waals surface area contributed by atoms with E-state index in [2.05, 4.69) is 36.9 Å². The van der Waals surface area contributed by atoms with E-state index in [1.807, 2.05) is 72.6 Å². The second-order valence-electron chi connectivity index (χ2n) is 19.0. The number of alkyl carbamates (subject to hydrolysis) is 1. The van der Waals surface area contributed by atoms with Crippen molar-refractivity contribution in [2.24, 2.45) is 0 Å². The van der Waals surface area contributed by atoms with Gasteiger partial charge in [0, 0.05) is 42.6 Å². The van der Waals surface area contributed by atoms with Crippen molar-refractivity contribution in [1.82, 2.24) is 41.6 Å². The molecule has 4 amide bonds. The predicted octanol–water partition coefficient (Wildman–Crippen LogP) is 2.14. The van der Waals surface area contributed by atoms with Crippen molar-refractivity contribution in [2.75, 3.05) is 164 Å². The molecule has 0 radical (unpaired) electrons. The molecular weight excluding hydrogens is 1060 g/mol. The highest BCUT2D eigenvalue weighted by Gasteiger charge is 2.42. The normalized spacial score (nSPS) is 19.5. The van der Waals surface area contributed by atoms with Gasteiger partial charge in [-0.1, -0.05) is 66.2 Å². The Kier molecular flexibility index (Phi) is 32.8. The van der Waals surface area contributed by atoms with E-state index in [9.17, 15) is 19.5 Å². The third kappa shape index (κ3) is 27.0. The Bertz CT molecular complexity index is 2100. The summed E-state index contributed by atoms with van der Waals surface area (Å²) in [5.41, 5.74) is 3.67. The van der Waals surface area contributed by atoms with Crippen LogP contribution in [0.15, 0.2) is 60.8 Å². The van der Waals surface area contributed by atoms with Crippen LogP contribution in [0.5, 0.6) is 0 Å². The molecule has 6 atom stereocenters. The van der Waals surface area contributed by atoms with E-state index >= 15 is 0 Å². The van der Waals surface area contributed by atoms with Crippen molar-refractivity contribution >= 4 is 29.8 Å². The summed E-state index contributed by atoms with van der Waals surface area (Å²) in [7, 11) is 0. The molecule has 0 aliphatic carbocycles. The van der Waals surface area contributed by atoms with Crippen molar-refractivity contribution in [3.05, 3.63) is 71.9 Å². The first-order valence-electron chi connectivity index (χ1n) is 28.1. The highest BCUT2D eigenvalue weighted by atomic mass is 32.2. The minimum atomic E-state index is -0.790. The standard InChI is InChI=1S/C55H86N8O16S/c64-49-40-57-46(53(49)79-55(67)58-39-44-6-2-1-3-7-44)38-43-10-12-45(13-11-43)47-41-63(62-61-47)15-17-69-19-21-71-23-25-73-27-29-75-31-33-77-35-37-78-36-34-76-32-30-74-28-26-72-24-22-70-20-18-68-16-14-56-51(65)9-5-4-8-50-52-48(42-80-50)59-54(66)60-52/h1-3,6-7,10-13,41,46,48-50,52-53,57,64H,4-5,8-9,14-40,42H2,(H,56,65)(H,58,67)(H2,59,60,66)/t46-,48+,49+,50+,52+,53+/m1/s1. The number of β-amino-alcohol motifs (C(OH)–C–C–N with tert-alkyl or cyclic N) is 1. The largest absolute Gasteiger partial charge is 0.442 e. The molecule has 448 valence electrons. The fourth-order valence-electron chi connectivity index (χ4n) is 8.75. The summed E-state index contributed by atoms with van der Waals surface area (Å²) in [6.45, 7) is 12.0. The van der Waals surface area contributed by atoms with Gasteiger partial charge < -0.3 is 88.5 Å². The van der Waals surface area contributed by atoms with Gasteiger partial charge in [0.05, 0.1) is 176 Å². The van der Waals surface area contributed by atoms with Gasteiger partial charge in [-0.2, -0.15) is 11.8 Å². The number of hydrogen-bond acceptors (Lipinski definition) is 20. The Morgan fingerprint density at radius 2 is 1.18 bits per heavy atom. The first-order chi connectivity index (χ1) is 39.4.